The molecule has 0 spiro atoms. The fourth-order valence-electron chi connectivity index (χ4n) is 2.15. The van der Waals surface area contributed by atoms with Gasteiger partial charge in [-0.1, -0.05) is 26.7 Å². The molecule has 96 valence electrons. The Bertz CT molecular complexity index is 348. The average molecular weight is 237 g/mol. The van der Waals surface area contributed by atoms with E-state index in [-0.39, 0.29) is 6.04 Å². The first kappa shape index (κ1) is 13.8. The van der Waals surface area contributed by atoms with Crippen LogP contribution in [0.25, 0.3) is 0 Å². The number of benzene rings is 1. The Morgan fingerprint density at radius 1 is 1.12 bits per heavy atom. The Morgan fingerprint density at radius 3 is 2.24 bits per heavy atom. The van der Waals surface area contributed by atoms with Crippen molar-refractivity contribution in [3.8, 4) is 11.5 Å². The molecule has 1 aromatic rings. The van der Waals surface area contributed by atoms with Crippen molar-refractivity contribution in [2.24, 2.45) is 11.7 Å². The Kier molecular flexibility index (Phi) is 5.29. The van der Waals surface area contributed by atoms with Gasteiger partial charge in [-0.2, -0.15) is 0 Å². The van der Waals surface area contributed by atoms with Crippen molar-refractivity contribution in [2.75, 3.05) is 14.2 Å². The third-order valence-electron chi connectivity index (χ3n) is 3.35. The highest BCUT2D eigenvalue weighted by Crippen LogP contribution is 2.34. The second kappa shape index (κ2) is 6.50. The fourth-order valence-corrected chi connectivity index (χ4v) is 2.15. The van der Waals surface area contributed by atoms with Gasteiger partial charge in [0.15, 0.2) is 0 Å². The molecule has 0 saturated heterocycles. The van der Waals surface area contributed by atoms with E-state index < -0.39 is 0 Å². The summed E-state index contributed by atoms with van der Waals surface area (Å²) in [6, 6.07) is 5.77. The largest absolute Gasteiger partial charge is 0.497 e. The molecule has 0 radical (unpaired) electrons. The molecule has 2 N–H and O–H groups in total. The average Bonchev–Trinajstić information content (AvgIpc) is 2.39. The normalized spacial score (nSPS) is 12.6. The van der Waals surface area contributed by atoms with E-state index in [1.54, 1.807) is 14.2 Å². The molecule has 0 fully saturated rings. The summed E-state index contributed by atoms with van der Waals surface area (Å²) in [4.78, 5) is 0. The number of hydrogen-bond acceptors (Lipinski definition) is 3. The van der Waals surface area contributed by atoms with Crippen LogP contribution in [0.4, 0.5) is 0 Å². The van der Waals surface area contributed by atoms with Gasteiger partial charge in [0, 0.05) is 11.6 Å². The van der Waals surface area contributed by atoms with Gasteiger partial charge in [0.2, 0.25) is 0 Å². The molecule has 1 unspecified atom stereocenters. The monoisotopic (exact) mass is 237 g/mol. The van der Waals surface area contributed by atoms with Crippen LogP contribution in [0.3, 0.4) is 0 Å². The van der Waals surface area contributed by atoms with Crippen molar-refractivity contribution >= 4 is 0 Å². The summed E-state index contributed by atoms with van der Waals surface area (Å²) in [6.45, 7) is 4.33. The molecule has 0 aliphatic rings. The van der Waals surface area contributed by atoms with Crippen molar-refractivity contribution < 1.29 is 9.47 Å². The summed E-state index contributed by atoms with van der Waals surface area (Å²) in [5.41, 5.74) is 7.35. The summed E-state index contributed by atoms with van der Waals surface area (Å²) < 4.78 is 10.6. The maximum Gasteiger partial charge on any atom is 0.123 e. The van der Waals surface area contributed by atoms with Gasteiger partial charge in [0.1, 0.15) is 11.5 Å². The highest BCUT2D eigenvalue weighted by atomic mass is 16.5. The fraction of sp³-hybridized carbons (Fsp3) is 0.571. The lowest BCUT2D eigenvalue weighted by molar-refractivity contribution is 0.366. The lowest BCUT2D eigenvalue weighted by Crippen LogP contribution is -2.21. The van der Waals surface area contributed by atoms with E-state index in [1.165, 1.54) is 0 Å². The first-order chi connectivity index (χ1) is 8.17. The molecule has 3 nitrogen and oxygen atoms in total. The molecular weight excluding hydrogens is 214 g/mol. The van der Waals surface area contributed by atoms with E-state index >= 15 is 0 Å². The summed E-state index contributed by atoms with van der Waals surface area (Å²) in [5, 5.41) is 0. The van der Waals surface area contributed by atoms with Gasteiger partial charge >= 0.3 is 0 Å². The van der Waals surface area contributed by atoms with E-state index in [0.29, 0.717) is 5.92 Å². The highest BCUT2D eigenvalue weighted by Gasteiger charge is 2.20. The Labute approximate surface area is 104 Å². The van der Waals surface area contributed by atoms with Crippen LogP contribution in [0, 0.1) is 5.92 Å². The zero-order valence-electron chi connectivity index (χ0n) is 11.2. The van der Waals surface area contributed by atoms with Gasteiger partial charge in [0.05, 0.1) is 14.2 Å². The van der Waals surface area contributed by atoms with Crippen LogP contribution in [0.15, 0.2) is 18.2 Å². The summed E-state index contributed by atoms with van der Waals surface area (Å²) in [5.74, 6) is 2.13. The molecule has 0 aromatic heterocycles. The maximum atomic E-state index is 6.32. The highest BCUT2D eigenvalue weighted by molar-refractivity contribution is 5.42. The molecule has 0 amide bonds. The van der Waals surface area contributed by atoms with Crippen LogP contribution in [0.2, 0.25) is 0 Å². The van der Waals surface area contributed by atoms with Crippen molar-refractivity contribution in [2.45, 2.75) is 32.7 Å². The minimum atomic E-state index is -0.00458. The predicted octanol–water partition coefficient (Wildman–Crippen LogP) is 3.14. The van der Waals surface area contributed by atoms with Gasteiger partial charge in [0.25, 0.3) is 0 Å². The quantitative estimate of drug-likeness (QED) is 0.826. The maximum absolute atomic E-state index is 6.32. The molecule has 0 saturated carbocycles. The standard InChI is InChI=1S/C14H23NO2/c1-5-10(6-2)14(15)12-9-11(16-3)7-8-13(12)17-4/h7-10,14H,5-6,15H2,1-4H3. The van der Waals surface area contributed by atoms with Crippen LogP contribution < -0.4 is 15.2 Å². The van der Waals surface area contributed by atoms with Crippen LogP contribution in [-0.4, -0.2) is 14.2 Å². The van der Waals surface area contributed by atoms with Gasteiger partial charge in [-0.3, -0.25) is 0 Å². The Morgan fingerprint density at radius 2 is 1.76 bits per heavy atom. The van der Waals surface area contributed by atoms with E-state index in [4.69, 9.17) is 15.2 Å². The van der Waals surface area contributed by atoms with E-state index in [1.807, 2.05) is 18.2 Å². The van der Waals surface area contributed by atoms with E-state index in [2.05, 4.69) is 13.8 Å². The molecule has 17 heavy (non-hydrogen) atoms. The van der Waals surface area contributed by atoms with Crippen molar-refractivity contribution in [1.82, 2.24) is 0 Å². The SMILES string of the molecule is CCC(CC)C(N)c1cc(OC)ccc1OC. The molecule has 0 aliphatic carbocycles. The molecular formula is C14H23NO2. The van der Waals surface area contributed by atoms with Gasteiger partial charge in [-0.05, 0) is 24.1 Å². The predicted molar refractivity (Wildman–Crippen MR) is 70.5 cm³/mol. The molecule has 3 heteroatoms. The number of nitrogens with two attached hydrogens (primary N) is 1. The van der Waals surface area contributed by atoms with Gasteiger partial charge < -0.3 is 15.2 Å². The molecule has 1 aromatic carbocycles. The van der Waals surface area contributed by atoms with Crippen molar-refractivity contribution in [3.63, 3.8) is 0 Å². The topological polar surface area (TPSA) is 44.5 Å². The molecule has 1 atom stereocenters. The van der Waals surface area contributed by atoms with Gasteiger partial charge in [-0.15, -0.1) is 0 Å². The summed E-state index contributed by atoms with van der Waals surface area (Å²) in [6.07, 6.45) is 2.13. The zero-order valence-corrected chi connectivity index (χ0v) is 11.2. The van der Waals surface area contributed by atoms with E-state index in [9.17, 15) is 0 Å². The number of ether oxygens (including phenoxy) is 2. The minimum Gasteiger partial charge on any atom is -0.497 e. The van der Waals surface area contributed by atoms with Crippen molar-refractivity contribution in [3.05, 3.63) is 23.8 Å². The molecule has 0 bridgehead atoms. The summed E-state index contributed by atoms with van der Waals surface area (Å²) in [7, 11) is 3.33. The third kappa shape index (κ3) is 3.13. The van der Waals surface area contributed by atoms with Crippen LogP contribution in [0.5, 0.6) is 11.5 Å². The lowest BCUT2D eigenvalue weighted by Gasteiger charge is -2.23. The third-order valence-corrected chi connectivity index (χ3v) is 3.35. The number of methoxy groups -OCH3 is 2. The number of hydrogen-bond donors (Lipinski definition) is 1. The zero-order chi connectivity index (χ0) is 12.8. The minimum absolute atomic E-state index is 0.00458. The van der Waals surface area contributed by atoms with Crippen molar-refractivity contribution in [1.29, 1.82) is 0 Å². The molecule has 0 aliphatic heterocycles. The Hall–Kier alpha value is -1.22. The lowest BCUT2D eigenvalue weighted by atomic mass is 9.89. The van der Waals surface area contributed by atoms with Gasteiger partial charge in [-0.25, -0.2) is 0 Å². The van der Waals surface area contributed by atoms with Crippen LogP contribution in [0.1, 0.15) is 38.3 Å². The first-order valence-corrected chi connectivity index (χ1v) is 6.15. The van der Waals surface area contributed by atoms with E-state index in [0.717, 1.165) is 29.9 Å². The summed E-state index contributed by atoms with van der Waals surface area (Å²) >= 11 is 0. The first-order valence-electron chi connectivity index (χ1n) is 6.15. The smallest absolute Gasteiger partial charge is 0.123 e. The number of rotatable bonds is 6. The van der Waals surface area contributed by atoms with Crippen LogP contribution >= 0.6 is 0 Å². The second-order valence-electron chi connectivity index (χ2n) is 4.21. The Balaban J connectivity index is 3.08. The molecule has 0 heterocycles. The van der Waals surface area contributed by atoms with Crippen LogP contribution in [-0.2, 0) is 0 Å². The second-order valence-corrected chi connectivity index (χ2v) is 4.21. The molecule has 1 rings (SSSR count).